The lowest BCUT2D eigenvalue weighted by molar-refractivity contribution is 0.412. The molecule has 0 spiro atoms. The van der Waals surface area contributed by atoms with Crippen LogP contribution in [0.15, 0.2) is 88.0 Å². The highest BCUT2D eigenvalue weighted by Gasteiger charge is 2.22. The van der Waals surface area contributed by atoms with Crippen LogP contribution in [0.3, 0.4) is 0 Å². The number of anilines is 2. The third-order valence-electron chi connectivity index (χ3n) is 6.82. The topological polar surface area (TPSA) is 143 Å². The van der Waals surface area contributed by atoms with Gasteiger partial charge in [0.05, 0.1) is 41.0 Å². The summed E-state index contributed by atoms with van der Waals surface area (Å²) >= 11 is 1.35. The molecular weight excluding hydrogens is 552 g/mol. The summed E-state index contributed by atoms with van der Waals surface area (Å²) in [6.07, 6.45) is 3.32. The quantitative estimate of drug-likeness (QED) is 0.281. The number of para-hydroxylation sites is 1. The second-order valence-corrected chi connectivity index (χ2v) is 10.4. The molecule has 210 valence electrons. The van der Waals surface area contributed by atoms with E-state index in [1.54, 1.807) is 37.2 Å². The summed E-state index contributed by atoms with van der Waals surface area (Å²) in [5.41, 5.74) is 9.43. The lowest BCUT2D eigenvalue weighted by Gasteiger charge is -2.21. The number of benzene rings is 2. The Labute approximate surface area is 244 Å². The number of aromatic nitrogens is 6. The lowest BCUT2D eigenvalue weighted by atomic mass is 10.0. The number of ether oxygens (including phenoxy) is 1. The summed E-state index contributed by atoms with van der Waals surface area (Å²) in [6.45, 7) is 1.90. The van der Waals surface area contributed by atoms with Gasteiger partial charge in [-0.1, -0.05) is 41.7 Å². The van der Waals surface area contributed by atoms with E-state index in [0.29, 0.717) is 50.2 Å². The van der Waals surface area contributed by atoms with Crippen molar-refractivity contribution in [3.8, 4) is 33.3 Å². The zero-order valence-electron chi connectivity index (χ0n) is 23.0. The Morgan fingerprint density at radius 1 is 0.976 bits per heavy atom. The molecule has 6 rings (SSSR count). The van der Waals surface area contributed by atoms with Crippen LogP contribution >= 0.6 is 11.3 Å². The minimum Gasteiger partial charge on any atom is -0.473 e. The van der Waals surface area contributed by atoms with E-state index in [-0.39, 0.29) is 17.1 Å². The molecule has 0 unspecified atom stereocenters. The summed E-state index contributed by atoms with van der Waals surface area (Å²) in [7, 11) is 3.24. The summed E-state index contributed by atoms with van der Waals surface area (Å²) in [4.78, 5) is 44.5. The first-order valence-electron chi connectivity index (χ1n) is 13.0. The Kier molecular flexibility index (Phi) is 6.97. The highest BCUT2D eigenvalue weighted by atomic mass is 32.1. The second kappa shape index (κ2) is 10.9. The Morgan fingerprint density at radius 3 is 2.52 bits per heavy atom. The van der Waals surface area contributed by atoms with Gasteiger partial charge in [-0.2, -0.15) is 4.98 Å². The Bertz CT molecular complexity index is 2050. The molecule has 4 heterocycles. The molecule has 0 saturated heterocycles. The maximum absolute atomic E-state index is 14.4. The zero-order valence-corrected chi connectivity index (χ0v) is 23.8. The molecule has 42 heavy (non-hydrogen) atoms. The second-order valence-electron chi connectivity index (χ2n) is 9.57. The molecule has 0 radical (unpaired) electrons. The number of nitrogen functional groups attached to an aromatic ring is 1. The maximum atomic E-state index is 14.4. The molecule has 0 saturated carbocycles. The number of thiazole rings is 1. The molecule has 11 nitrogen and oxygen atoms in total. The van der Waals surface area contributed by atoms with Crippen molar-refractivity contribution in [1.82, 2.24) is 29.1 Å². The number of nitrogens with zero attached hydrogens (tertiary/aromatic N) is 6. The molecular formula is C30H26N8O3S. The monoisotopic (exact) mass is 578 g/mol. The molecule has 4 aromatic heterocycles. The standard InChI is InChI=1S/C30H26N8O3S/c1-17(33-26-21(14-32-29(31)36-26)23-16-42-30(35-23)41-3)27-34-22-11-7-10-20(18-12-13-24(39)37(2)15-18)25(22)28(40)38(27)19-8-5-4-6-9-19/h4-17H,1-3H3,(H3,31,32,33,36)/t17-/m1/s1. The van der Waals surface area contributed by atoms with Crippen LogP contribution in [0.5, 0.6) is 5.19 Å². The Morgan fingerprint density at radius 2 is 1.79 bits per heavy atom. The van der Waals surface area contributed by atoms with Gasteiger partial charge in [-0.05, 0) is 42.3 Å². The van der Waals surface area contributed by atoms with Gasteiger partial charge in [0, 0.05) is 30.9 Å². The summed E-state index contributed by atoms with van der Waals surface area (Å²) in [5.74, 6) is 0.996. The molecule has 12 heteroatoms. The van der Waals surface area contributed by atoms with Crippen LogP contribution in [0.2, 0.25) is 0 Å². The number of rotatable bonds is 7. The van der Waals surface area contributed by atoms with Gasteiger partial charge >= 0.3 is 0 Å². The van der Waals surface area contributed by atoms with Crippen LogP contribution in [-0.2, 0) is 7.05 Å². The van der Waals surface area contributed by atoms with E-state index in [9.17, 15) is 9.59 Å². The summed E-state index contributed by atoms with van der Waals surface area (Å²) in [6, 6.07) is 17.6. The van der Waals surface area contributed by atoms with Crippen molar-refractivity contribution in [1.29, 1.82) is 0 Å². The minimum atomic E-state index is -0.503. The molecule has 3 N–H and O–H groups in total. The molecule has 0 fully saturated rings. The van der Waals surface area contributed by atoms with E-state index in [0.717, 1.165) is 5.56 Å². The van der Waals surface area contributed by atoms with Crippen LogP contribution in [0, 0.1) is 0 Å². The molecule has 0 aliphatic heterocycles. The molecule has 0 amide bonds. The number of fused-ring (bicyclic) bond motifs is 1. The average molecular weight is 579 g/mol. The lowest BCUT2D eigenvalue weighted by Crippen LogP contribution is -2.28. The highest BCUT2D eigenvalue weighted by molar-refractivity contribution is 7.11. The smallest absolute Gasteiger partial charge is 0.273 e. The fourth-order valence-corrected chi connectivity index (χ4v) is 5.43. The summed E-state index contributed by atoms with van der Waals surface area (Å²) < 4.78 is 8.35. The van der Waals surface area contributed by atoms with Crippen molar-refractivity contribution in [3.05, 3.63) is 105 Å². The number of nitrogens with one attached hydrogen (secondary N) is 1. The van der Waals surface area contributed by atoms with Crippen molar-refractivity contribution < 1.29 is 4.74 Å². The number of nitrogens with two attached hydrogens (primary N) is 1. The number of methoxy groups -OCH3 is 1. The predicted molar refractivity (Wildman–Crippen MR) is 164 cm³/mol. The normalized spacial score (nSPS) is 11.9. The zero-order chi connectivity index (χ0) is 29.4. The highest BCUT2D eigenvalue weighted by Crippen LogP contribution is 2.33. The van der Waals surface area contributed by atoms with Crippen LogP contribution < -0.4 is 26.9 Å². The maximum Gasteiger partial charge on any atom is 0.273 e. The van der Waals surface area contributed by atoms with Gasteiger partial charge in [0.1, 0.15) is 11.6 Å². The van der Waals surface area contributed by atoms with E-state index >= 15 is 0 Å². The fraction of sp³-hybridized carbons (Fsp3) is 0.133. The van der Waals surface area contributed by atoms with Gasteiger partial charge in [0.2, 0.25) is 11.5 Å². The number of aryl methyl sites for hydroxylation is 1. The van der Waals surface area contributed by atoms with Crippen LogP contribution in [0.4, 0.5) is 11.8 Å². The van der Waals surface area contributed by atoms with E-state index in [1.165, 1.54) is 22.0 Å². The average Bonchev–Trinajstić information content (AvgIpc) is 3.48. The van der Waals surface area contributed by atoms with Crippen LogP contribution in [0.1, 0.15) is 18.8 Å². The molecule has 1 atom stereocenters. The molecule has 0 bridgehead atoms. The first-order valence-corrected chi connectivity index (χ1v) is 13.9. The summed E-state index contributed by atoms with van der Waals surface area (Å²) in [5, 5.41) is 6.18. The SMILES string of the molecule is COc1nc(-c2cnc(N)nc2N[C@H](C)c2nc3cccc(-c4ccc(=O)n(C)c4)c3c(=O)n2-c2ccccc2)cs1. The Balaban J connectivity index is 1.53. The Hall–Kier alpha value is -5.36. The van der Waals surface area contributed by atoms with Crippen molar-refractivity contribution >= 4 is 34.0 Å². The van der Waals surface area contributed by atoms with Crippen molar-refractivity contribution in [2.24, 2.45) is 7.05 Å². The number of hydrogen-bond donors (Lipinski definition) is 2. The van der Waals surface area contributed by atoms with E-state index in [4.69, 9.17) is 15.5 Å². The third-order valence-corrected chi connectivity index (χ3v) is 7.62. The van der Waals surface area contributed by atoms with E-state index < -0.39 is 6.04 Å². The van der Waals surface area contributed by atoms with Crippen molar-refractivity contribution in [3.63, 3.8) is 0 Å². The first kappa shape index (κ1) is 26.8. The molecule has 2 aromatic carbocycles. The molecule has 0 aliphatic rings. The minimum absolute atomic E-state index is 0.0875. The van der Waals surface area contributed by atoms with Gasteiger partial charge in [0.25, 0.3) is 10.8 Å². The fourth-order valence-electron chi connectivity index (χ4n) is 4.80. The predicted octanol–water partition coefficient (Wildman–Crippen LogP) is 4.43. The van der Waals surface area contributed by atoms with Gasteiger partial charge in [-0.3, -0.25) is 14.2 Å². The largest absolute Gasteiger partial charge is 0.473 e. The van der Waals surface area contributed by atoms with Crippen LogP contribution in [0.25, 0.3) is 39.0 Å². The van der Waals surface area contributed by atoms with E-state index in [1.807, 2.05) is 60.8 Å². The van der Waals surface area contributed by atoms with Gasteiger partial charge < -0.3 is 20.4 Å². The third kappa shape index (κ3) is 4.88. The van der Waals surface area contributed by atoms with Crippen molar-refractivity contribution in [2.45, 2.75) is 13.0 Å². The van der Waals surface area contributed by atoms with Gasteiger partial charge in [0.15, 0.2) is 0 Å². The van der Waals surface area contributed by atoms with E-state index in [2.05, 4.69) is 20.3 Å². The number of pyridine rings is 1. The van der Waals surface area contributed by atoms with Crippen molar-refractivity contribution in [2.75, 3.05) is 18.2 Å². The number of hydrogen-bond acceptors (Lipinski definition) is 10. The van der Waals surface area contributed by atoms with Gasteiger partial charge in [-0.25, -0.2) is 15.0 Å². The molecule has 6 aromatic rings. The first-order chi connectivity index (χ1) is 20.3. The van der Waals surface area contributed by atoms with Gasteiger partial charge in [-0.15, -0.1) is 0 Å². The van der Waals surface area contributed by atoms with Crippen LogP contribution in [-0.4, -0.2) is 36.2 Å². The molecule has 0 aliphatic carbocycles.